The van der Waals surface area contributed by atoms with Gasteiger partial charge in [0.15, 0.2) is 0 Å². The van der Waals surface area contributed by atoms with Gasteiger partial charge in [0.25, 0.3) is 10.1 Å². The van der Waals surface area contributed by atoms with Crippen molar-refractivity contribution in [1.29, 1.82) is 0 Å². The predicted molar refractivity (Wildman–Crippen MR) is 50.0 cm³/mol. The molecule has 1 unspecified atom stereocenters. The summed E-state index contributed by atoms with van der Waals surface area (Å²) in [6.07, 6.45) is -1.36. The van der Waals surface area contributed by atoms with E-state index in [-0.39, 0.29) is 10.6 Å². The average molecular weight is 234 g/mol. The van der Waals surface area contributed by atoms with Gasteiger partial charge in [-0.15, -0.1) is 0 Å². The molecule has 0 saturated heterocycles. The SMILES string of the molecule is O=S(=O)(O)c1ccc(OC(O)CO)cc1. The maximum absolute atomic E-state index is 10.6. The molecule has 0 aliphatic heterocycles. The van der Waals surface area contributed by atoms with E-state index in [1.807, 2.05) is 0 Å². The second-order valence-corrected chi connectivity index (χ2v) is 4.12. The molecule has 0 aliphatic rings. The zero-order valence-electron chi connectivity index (χ0n) is 7.57. The highest BCUT2D eigenvalue weighted by Crippen LogP contribution is 2.16. The van der Waals surface area contributed by atoms with Gasteiger partial charge in [-0.3, -0.25) is 4.55 Å². The number of rotatable bonds is 4. The van der Waals surface area contributed by atoms with Crippen LogP contribution in [0.25, 0.3) is 0 Å². The van der Waals surface area contributed by atoms with E-state index in [2.05, 4.69) is 0 Å². The summed E-state index contributed by atoms with van der Waals surface area (Å²) < 4.78 is 34.7. The summed E-state index contributed by atoms with van der Waals surface area (Å²) >= 11 is 0. The molecule has 3 N–H and O–H groups in total. The van der Waals surface area contributed by atoms with Crippen LogP contribution in [0, 0.1) is 0 Å². The highest BCUT2D eigenvalue weighted by molar-refractivity contribution is 7.85. The summed E-state index contributed by atoms with van der Waals surface area (Å²) in [6.45, 7) is -0.569. The monoisotopic (exact) mass is 234 g/mol. The van der Waals surface area contributed by atoms with E-state index in [1.165, 1.54) is 12.1 Å². The lowest BCUT2D eigenvalue weighted by Crippen LogP contribution is -2.19. The smallest absolute Gasteiger partial charge is 0.294 e. The van der Waals surface area contributed by atoms with E-state index in [1.54, 1.807) is 0 Å². The molecule has 0 amide bonds. The van der Waals surface area contributed by atoms with E-state index in [9.17, 15) is 8.42 Å². The lowest BCUT2D eigenvalue weighted by molar-refractivity contribution is -0.0548. The van der Waals surface area contributed by atoms with E-state index < -0.39 is 23.0 Å². The standard InChI is InChI=1S/C8H10O6S/c9-5-8(10)14-6-1-3-7(4-2-6)15(11,12)13/h1-4,8-10H,5H2,(H,11,12,13). The summed E-state index contributed by atoms with van der Waals surface area (Å²) in [4.78, 5) is -0.270. The Morgan fingerprint density at radius 3 is 2.20 bits per heavy atom. The molecule has 0 aromatic heterocycles. The Bertz CT molecular complexity index is 409. The van der Waals surface area contributed by atoms with Crippen molar-refractivity contribution >= 4 is 10.1 Å². The van der Waals surface area contributed by atoms with Gasteiger partial charge in [0.1, 0.15) is 12.4 Å². The van der Waals surface area contributed by atoms with E-state index in [0.717, 1.165) is 12.1 Å². The van der Waals surface area contributed by atoms with Gasteiger partial charge in [0, 0.05) is 0 Å². The Kier molecular flexibility index (Phi) is 3.64. The van der Waals surface area contributed by atoms with Gasteiger partial charge in [-0.25, -0.2) is 0 Å². The second kappa shape index (κ2) is 4.58. The zero-order chi connectivity index (χ0) is 11.5. The second-order valence-electron chi connectivity index (χ2n) is 2.70. The summed E-state index contributed by atoms with van der Waals surface area (Å²) in [5, 5.41) is 17.4. The van der Waals surface area contributed by atoms with Crippen LogP contribution in [0.1, 0.15) is 0 Å². The first-order valence-corrected chi connectivity index (χ1v) is 5.40. The van der Waals surface area contributed by atoms with Crippen LogP contribution in [-0.2, 0) is 10.1 Å². The van der Waals surface area contributed by atoms with Crippen molar-refractivity contribution in [3.8, 4) is 5.75 Å². The fourth-order valence-electron chi connectivity index (χ4n) is 0.885. The van der Waals surface area contributed by atoms with Crippen LogP contribution in [0.15, 0.2) is 29.2 Å². The molecule has 15 heavy (non-hydrogen) atoms. The third kappa shape index (κ3) is 3.48. The topological polar surface area (TPSA) is 104 Å². The average Bonchev–Trinajstić information content (AvgIpc) is 2.17. The van der Waals surface area contributed by atoms with E-state index >= 15 is 0 Å². The molecule has 0 saturated carbocycles. The van der Waals surface area contributed by atoms with Crippen molar-refractivity contribution in [2.45, 2.75) is 11.2 Å². The lowest BCUT2D eigenvalue weighted by Gasteiger charge is -2.10. The summed E-state index contributed by atoms with van der Waals surface area (Å²) in [5.74, 6) is 0.184. The van der Waals surface area contributed by atoms with Crippen molar-refractivity contribution in [2.75, 3.05) is 6.61 Å². The third-order valence-electron chi connectivity index (χ3n) is 1.55. The van der Waals surface area contributed by atoms with E-state index in [4.69, 9.17) is 19.5 Å². The van der Waals surface area contributed by atoms with Crippen molar-refractivity contribution in [3.05, 3.63) is 24.3 Å². The minimum atomic E-state index is -4.22. The maximum atomic E-state index is 10.6. The summed E-state index contributed by atoms with van der Waals surface area (Å²) in [5.41, 5.74) is 0. The molecular weight excluding hydrogens is 224 g/mol. The number of hydrogen-bond acceptors (Lipinski definition) is 5. The molecular formula is C8H10O6S. The first-order chi connectivity index (χ1) is 6.93. The van der Waals surface area contributed by atoms with Crippen LogP contribution >= 0.6 is 0 Å². The molecule has 0 radical (unpaired) electrons. The molecule has 1 aromatic carbocycles. The Balaban J connectivity index is 2.82. The minimum absolute atomic E-state index is 0.184. The minimum Gasteiger partial charge on any atom is -0.463 e. The van der Waals surface area contributed by atoms with Crippen LogP contribution in [0.3, 0.4) is 0 Å². The molecule has 1 aromatic rings. The molecule has 0 spiro atoms. The molecule has 84 valence electrons. The number of aliphatic hydroxyl groups is 2. The van der Waals surface area contributed by atoms with Gasteiger partial charge in [0.05, 0.1) is 4.90 Å². The van der Waals surface area contributed by atoms with Crippen LogP contribution in [-0.4, -0.2) is 36.1 Å². The van der Waals surface area contributed by atoms with Crippen molar-refractivity contribution in [1.82, 2.24) is 0 Å². The molecule has 0 aliphatic carbocycles. The molecule has 0 fully saturated rings. The van der Waals surface area contributed by atoms with Gasteiger partial charge >= 0.3 is 0 Å². The van der Waals surface area contributed by atoms with Crippen molar-refractivity contribution < 1.29 is 27.9 Å². The normalized spacial score (nSPS) is 13.5. The Hall–Kier alpha value is -1.15. The largest absolute Gasteiger partial charge is 0.463 e. The Morgan fingerprint density at radius 2 is 1.80 bits per heavy atom. The van der Waals surface area contributed by atoms with Crippen molar-refractivity contribution in [2.24, 2.45) is 0 Å². The van der Waals surface area contributed by atoms with Gasteiger partial charge in [0.2, 0.25) is 6.29 Å². The molecule has 6 nitrogen and oxygen atoms in total. The molecule has 1 atom stereocenters. The van der Waals surface area contributed by atoms with Gasteiger partial charge < -0.3 is 14.9 Å². The molecule has 7 heteroatoms. The van der Waals surface area contributed by atoms with Gasteiger partial charge in [-0.05, 0) is 24.3 Å². The first kappa shape index (κ1) is 11.9. The quantitative estimate of drug-likeness (QED) is 0.484. The maximum Gasteiger partial charge on any atom is 0.294 e. The van der Waals surface area contributed by atoms with Crippen LogP contribution in [0.5, 0.6) is 5.75 Å². The van der Waals surface area contributed by atoms with Gasteiger partial charge in [-0.2, -0.15) is 8.42 Å². The summed E-state index contributed by atoms with van der Waals surface area (Å²) in [6, 6.07) is 4.74. The van der Waals surface area contributed by atoms with E-state index in [0.29, 0.717) is 0 Å². The number of hydrogen-bond donors (Lipinski definition) is 3. The van der Waals surface area contributed by atoms with Crippen LogP contribution in [0.2, 0.25) is 0 Å². The number of benzene rings is 1. The Morgan fingerprint density at radius 1 is 1.27 bits per heavy atom. The fourth-order valence-corrected chi connectivity index (χ4v) is 1.36. The predicted octanol–water partition coefficient (Wildman–Crippen LogP) is -0.377. The van der Waals surface area contributed by atoms with Gasteiger partial charge in [-0.1, -0.05) is 0 Å². The fraction of sp³-hybridized carbons (Fsp3) is 0.250. The Labute approximate surface area is 86.5 Å². The highest BCUT2D eigenvalue weighted by atomic mass is 32.2. The zero-order valence-corrected chi connectivity index (χ0v) is 8.38. The highest BCUT2D eigenvalue weighted by Gasteiger charge is 2.09. The molecule has 0 bridgehead atoms. The number of aliphatic hydroxyl groups excluding tert-OH is 2. The van der Waals surface area contributed by atoms with Crippen LogP contribution < -0.4 is 4.74 Å². The number of ether oxygens (including phenoxy) is 1. The third-order valence-corrected chi connectivity index (χ3v) is 2.42. The summed E-state index contributed by atoms with van der Waals surface area (Å²) in [7, 11) is -4.22. The van der Waals surface area contributed by atoms with Crippen LogP contribution in [0.4, 0.5) is 0 Å². The lowest BCUT2D eigenvalue weighted by atomic mass is 10.3. The first-order valence-electron chi connectivity index (χ1n) is 3.96. The van der Waals surface area contributed by atoms with Crippen molar-refractivity contribution in [3.63, 3.8) is 0 Å². The molecule has 1 rings (SSSR count). The molecule has 0 heterocycles.